The lowest BCUT2D eigenvalue weighted by Crippen LogP contribution is -2.30. The first kappa shape index (κ1) is 13.3. The number of rotatable bonds is 2. The first-order valence-corrected chi connectivity index (χ1v) is 9.79. The van der Waals surface area contributed by atoms with Crippen LogP contribution >= 0.6 is 11.3 Å². The van der Waals surface area contributed by atoms with Crippen molar-refractivity contribution in [1.29, 1.82) is 0 Å². The summed E-state index contributed by atoms with van der Waals surface area (Å²) in [5.74, 6) is 3.06. The van der Waals surface area contributed by atoms with Gasteiger partial charge >= 0.3 is 0 Å². The van der Waals surface area contributed by atoms with Crippen LogP contribution in [0.5, 0.6) is 0 Å². The topological polar surface area (TPSA) is 29.0 Å². The van der Waals surface area contributed by atoms with Crippen molar-refractivity contribution in [3.05, 3.63) is 16.3 Å². The van der Waals surface area contributed by atoms with E-state index in [0.29, 0.717) is 5.92 Å². The zero-order valence-corrected chi connectivity index (χ0v) is 13.9. The molecule has 3 aliphatic rings. The van der Waals surface area contributed by atoms with Gasteiger partial charge < -0.3 is 4.90 Å². The molecule has 1 aliphatic heterocycles. The van der Waals surface area contributed by atoms with Gasteiger partial charge in [-0.25, -0.2) is 9.97 Å². The fraction of sp³-hybridized carbons (Fsp3) is 0.667. The number of piperidine rings is 1. The van der Waals surface area contributed by atoms with Crippen molar-refractivity contribution in [2.24, 2.45) is 0 Å². The number of fused-ring (bicyclic) bond motifs is 3. The van der Waals surface area contributed by atoms with Gasteiger partial charge in [0.05, 0.1) is 5.39 Å². The standard InChI is InChI=1S/C18H23N3S/c1-4-10-21(11-5-1)17-15-13-6-2-3-7-14(13)22-18(15)20-16(19-17)12-8-9-12/h12H,1-11H2. The largest absolute Gasteiger partial charge is 0.356 e. The Kier molecular flexibility index (Phi) is 3.14. The van der Waals surface area contributed by atoms with E-state index in [1.807, 2.05) is 11.3 Å². The van der Waals surface area contributed by atoms with Crippen LogP contribution in [0.3, 0.4) is 0 Å². The van der Waals surface area contributed by atoms with Crippen LogP contribution in [0.1, 0.15) is 67.1 Å². The Morgan fingerprint density at radius 2 is 1.73 bits per heavy atom. The zero-order valence-electron chi connectivity index (χ0n) is 13.1. The third-order valence-electron chi connectivity index (χ3n) is 5.41. The smallest absolute Gasteiger partial charge is 0.141 e. The Hall–Kier alpha value is -1.16. The molecule has 2 fully saturated rings. The Balaban J connectivity index is 1.71. The second kappa shape index (κ2) is 5.19. The van der Waals surface area contributed by atoms with Crippen molar-refractivity contribution < 1.29 is 0 Å². The number of hydrogen-bond donors (Lipinski definition) is 0. The van der Waals surface area contributed by atoms with Gasteiger partial charge in [-0.1, -0.05) is 0 Å². The van der Waals surface area contributed by atoms with Crippen LogP contribution in [0.2, 0.25) is 0 Å². The van der Waals surface area contributed by atoms with Gasteiger partial charge in [0.1, 0.15) is 16.5 Å². The molecular formula is C18H23N3S. The first-order valence-electron chi connectivity index (χ1n) is 8.97. The van der Waals surface area contributed by atoms with Crippen molar-refractivity contribution in [2.75, 3.05) is 18.0 Å². The van der Waals surface area contributed by atoms with E-state index in [9.17, 15) is 0 Å². The fourth-order valence-electron chi connectivity index (χ4n) is 4.01. The van der Waals surface area contributed by atoms with Crippen LogP contribution in [-0.4, -0.2) is 23.1 Å². The number of nitrogens with zero attached hydrogens (tertiary/aromatic N) is 3. The third-order valence-corrected chi connectivity index (χ3v) is 6.60. The van der Waals surface area contributed by atoms with E-state index in [2.05, 4.69) is 4.90 Å². The van der Waals surface area contributed by atoms with E-state index in [-0.39, 0.29) is 0 Å². The van der Waals surface area contributed by atoms with Crippen molar-refractivity contribution in [3.63, 3.8) is 0 Å². The van der Waals surface area contributed by atoms with E-state index >= 15 is 0 Å². The van der Waals surface area contributed by atoms with Gasteiger partial charge in [0.2, 0.25) is 0 Å². The van der Waals surface area contributed by atoms with Crippen LogP contribution in [0, 0.1) is 0 Å². The molecule has 2 aromatic rings. The maximum Gasteiger partial charge on any atom is 0.141 e. The summed E-state index contributed by atoms with van der Waals surface area (Å²) in [5, 5.41) is 1.42. The molecule has 5 rings (SSSR count). The van der Waals surface area contributed by atoms with Gasteiger partial charge in [0.15, 0.2) is 0 Å². The van der Waals surface area contributed by atoms with Crippen molar-refractivity contribution >= 4 is 27.4 Å². The first-order chi connectivity index (χ1) is 10.9. The molecule has 3 heterocycles. The molecule has 1 saturated carbocycles. The lowest BCUT2D eigenvalue weighted by molar-refractivity contribution is 0.573. The molecule has 0 N–H and O–H groups in total. The lowest BCUT2D eigenvalue weighted by Gasteiger charge is -2.29. The van der Waals surface area contributed by atoms with Gasteiger partial charge in [-0.05, 0) is 63.4 Å². The normalized spacial score (nSPS) is 22.1. The van der Waals surface area contributed by atoms with Gasteiger partial charge in [0.25, 0.3) is 0 Å². The molecule has 3 nitrogen and oxygen atoms in total. The molecule has 2 aromatic heterocycles. The highest BCUT2D eigenvalue weighted by Gasteiger charge is 2.30. The van der Waals surface area contributed by atoms with E-state index in [4.69, 9.17) is 9.97 Å². The quantitative estimate of drug-likeness (QED) is 0.821. The Labute approximate surface area is 135 Å². The summed E-state index contributed by atoms with van der Waals surface area (Å²) < 4.78 is 0. The zero-order chi connectivity index (χ0) is 14.5. The minimum Gasteiger partial charge on any atom is -0.356 e. The summed E-state index contributed by atoms with van der Waals surface area (Å²) in [6.45, 7) is 2.36. The maximum atomic E-state index is 5.09. The highest BCUT2D eigenvalue weighted by molar-refractivity contribution is 7.19. The predicted octanol–water partition coefficient (Wildman–Crippen LogP) is 4.44. The molecule has 0 aromatic carbocycles. The molecule has 2 aliphatic carbocycles. The molecule has 4 heteroatoms. The van der Waals surface area contributed by atoms with Gasteiger partial charge in [0, 0.05) is 23.9 Å². The van der Waals surface area contributed by atoms with Gasteiger partial charge in [-0.2, -0.15) is 0 Å². The average Bonchev–Trinajstić information content (AvgIpc) is 3.35. The van der Waals surface area contributed by atoms with E-state index < -0.39 is 0 Å². The van der Waals surface area contributed by atoms with Crippen LogP contribution in [-0.2, 0) is 12.8 Å². The van der Waals surface area contributed by atoms with Crippen LogP contribution in [0.15, 0.2) is 0 Å². The molecule has 0 radical (unpaired) electrons. The van der Waals surface area contributed by atoms with Gasteiger partial charge in [-0.15, -0.1) is 11.3 Å². The minimum atomic E-state index is 0.645. The molecule has 116 valence electrons. The summed E-state index contributed by atoms with van der Waals surface area (Å²) in [4.78, 5) is 15.5. The third kappa shape index (κ3) is 2.15. The van der Waals surface area contributed by atoms with Crippen molar-refractivity contribution in [1.82, 2.24) is 9.97 Å². The number of anilines is 1. The molecular weight excluding hydrogens is 290 g/mol. The van der Waals surface area contributed by atoms with E-state index in [0.717, 1.165) is 5.82 Å². The monoisotopic (exact) mass is 313 g/mol. The van der Waals surface area contributed by atoms with Crippen LogP contribution < -0.4 is 4.90 Å². The molecule has 0 atom stereocenters. The summed E-state index contributed by atoms with van der Waals surface area (Å²) >= 11 is 1.96. The van der Waals surface area contributed by atoms with E-state index in [1.165, 1.54) is 86.9 Å². The second-order valence-corrected chi connectivity index (χ2v) is 8.20. The van der Waals surface area contributed by atoms with Gasteiger partial charge in [-0.3, -0.25) is 0 Å². The summed E-state index contributed by atoms with van der Waals surface area (Å²) in [7, 11) is 0. The minimum absolute atomic E-state index is 0.645. The number of thiophene rings is 1. The average molecular weight is 313 g/mol. The number of aromatic nitrogens is 2. The summed E-state index contributed by atoms with van der Waals surface area (Å²) in [6.07, 6.45) is 11.8. The van der Waals surface area contributed by atoms with Crippen LogP contribution in [0.4, 0.5) is 5.82 Å². The van der Waals surface area contributed by atoms with Crippen LogP contribution in [0.25, 0.3) is 10.2 Å². The Bertz CT molecular complexity index is 711. The second-order valence-electron chi connectivity index (χ2n) is 7.12. The summed E-state index contributed by atoms with van der Waals surface area (Å²) in [5.41, 5.74) is 1.59. The lowest BCUT2D eigenvalue weighted by atomic mass is 9.96. The maximum absolute atomic E-state index is 5.09. The molecule has 22 heavy (non-hydrogen) atoms. The fourth-order valence-corrected chi connectivity index (χ4v) is 5.28. The summed E-state index contributed by atoms with van der Waals surface area (Å²) in [6, 6.07) is 0. The Morgan fingerprint density at radius 3 is 2.55 bits per heavy atom. The molecule has 1 saturated heterocycles. The van der Waals surface area contributed by atoms with E-state index in [1.54, 1.807) is 10.4 Å². The molecule has 0 amide bonds. The number of aryl methyl sites for hydroxylation is 2. The predicted molar refractivity (Wildman–Crippen MR) is 92.1 cm³/mol. The SMILES string of the molecule is C1CCN(c2nc(C3CC3)nc3sc4c(c23)CCCC4)CC1. The van der Waals surface area contributed by atoms with Crippen molar-refractivity contribution in [3.8, 4) is 0 Å². The van der Waals surface area contributed by atoms with Crippen molar-refractivity contribution in [2.45, 2.75) is 63.7 Å². The molecule has 0 spiro atoms. The molecule has 0 bridgehead atoms. The highest BCUT2D eigenvalue weighted by Crippen LogP contribution is 2.44. The molecule has 0 unspecified atom stereocenters. The highest BCUT2D eigenvalue weighted by atomic mass is 32.1. The Morgan fingerprint density at radius 1 is 0.909 bits per heavy atom. The number of hydrogen-bond acceptors (Lipinski definition) is 4.